The zero-order valence-electron chi connectivity index (χ0n) is 17.8. The molecule has 2 N–H and O–H groups in total. The molecular weight excluding hydrogens is 372 g/mol. The summed E-state index contributed by atoms with van der Waals surface area (Å²) in [6.45, 7) is 6.93. The summed E-state index contributed by atoms with van der Waals surface area (Å²) in [4.78, 5) is 7.28. The Morgan fingerprint density at radius 1 is 1.40 bits per heavy atom. The quantitative estimate of drug-likeness (QED) is 0.785. The second-order valence-electron chi connectivity index (χ2n) is 9.33. The lowest BCUT2D eigenvalue weighted by Gasteiger charge is -2.26. The SMILES string of the molecule is C=CNC1/N=C/c2cccc(c2)OCCC2CC2CN(C)CC23C=CC=C(N1)C2C3.[HH]. The van der Waals surface area contributed by atoms with E-state index in [1.165, 1.54) is 25.1 Å². The fraction of sp³-hybridized carbons (Fsp3) is 0.480. The molecule has 0 amide bonds. The van der Waals surface area contributed by atoms with Gasteiger partial charge in [-0.1, -0.05) is 30.9 Å². The number of hydrogen-bond acceptors (Lipinski definition) is 5. The maximum absolute atomic E-state index is 6.03. The summed E-state index contributed by atoms with van der Waals surface area (Å²) in [6, 6.07) is 8.17. The number of fused-ring (bicyclic) bond motifs is 3. The highest BCUT2D eigenvalue weighted by Crippen LogP contribution is 2.59. The molecular formula is C25H34N4O. The van der Waals surface area contributed by atoms with Crippen LogP contribution in [-0.2, 0) is 0 Å². The monoisotopic (exact) mass is 406 g/mol. The van der Waals surface area contributed by atoms with Crippen molar-refractivity contribution in [2.45, 2.75) is 25.6 Å². The van der Waals surface area contributed by atoms with Gasteiger partial charge in [-0.15, -0.1) is 0 Å². The smallest absolute Gasteiger partial charge is 0.193 e. The summed E-state index contributed by atoms with van der Waals surface area (Å²) in [7, 11) is 2.28. The van der Waals surface area contributed by atoms with Gasteiger partial charge in [-0.3, -0.25) is 0 Å². The zero-order valence-corrected chi connectivity index (χ0v) is 17.8. The van der Waals surface area contributed by atoms with E-state index in [0.29, 0.717) is 5.92 Å². The van der Waals surface area contributed by atoms with Crippen LogP contribution in [0.2, 0.25) is 0 Å². The van der Waals surface area contributed by atoms with Gasteiger partial charge in [-0.2, -0.15) is 0 Å². The minimum atomic E-state index is -0.244. The fourth-order valence-electron chi connectivity index (χ4n) is 5.18. The van der Waals surface area contributed by atoms with Crippen molar-refractivity contribution >= 4 is 6.21 Å². The van der Waals surface area contributed by atoms with Crippen molar-refractivity contribution in [3.8, 4) is 5.75 Å². The lowest BCUT2D eigenvalue weighted by Crippen LogP contribution is -2.39. The van der Waals surface area contributed by atoms with Gasteiger partial charge in [-0.25, -0.2) is 4.99 Å². The van der Waals surface area contributed by atoms with Crippen molar-refractivity contribution in [1.29, 1.82) is 0 Å². The third kappa shape index (κ3) is 4.17. The van der Waals surface area contributed by atoms with E-state index in [1.807, 2.05) is 18.3 Å². The number of benzene rings is 1. The number of ether oxygens (including phenoxy) is 1. The normalized spacial score (nSPS) is 36.4. The van der Waals surface area contributed by atoms with Crippen LogP contribution in [0.4, 0.5) is 0 Å². The van der Waals surface area contributed by atoms with Gasteiger partial charge in [0.2, 0.25) is 0 Å². The molecule has 4 aliphatic rings. The van der Waals surface area contributed by atoms with Crippen LogP contribution >= 0.6 is 0 Å². The number of nitrogens with zero attached hydrogens (tertiary/aromatic N) is 2. The first-order chi connectivity index (χ1) is 14.6. The van der Waals surface area contributed by atoms with Crippen molar-refractivity contribution in [3.05, 3.63) is 66.5 Å². The van der Waals surface area contributed by atoms with Gasteiger partial charge >= 0.3 is 0 Å². The van der Waals surface area contributed by atoms with Gasteiger partial charge in [0.1, 0.15) is 5.75 Å². The summed E-state index contributed by atoms with van der Waals surface area (Å²) >= 11 is 0. The summed E-state index contributed by atoms with van der Waals surface area (Å²) in [5.74, 6) is 3.11. The zero-order chi connectivity index (χ0) is 20.6. The summed E-state index contributed by atoms with van der Waals surface area (Å²) in [5.41, 5.74) is 2.59. The Morgan fingerprint density at radius 2 is 2.33 bits per heavy atom. The molecule has 1 aromatic rings. The minimum absolute atomic E-state index is 0. The number of rotatable bonds is 2. The van der Waals surface area contributed by atoms with Gasteiger partial charge in [0.05, 0.1) is 6.61 Å². The molecule has 4 bridgehead atoms. The van der Waals surface area contributed by atoms with Gasteiger partial charge in [-0.05, 0) is 68.1 Å². The second kappa shape index (κ2) is 7.95. The molecule has 5 heteroatoms. The lowest BCUT2D eigenvalue weighted by molar-refractivity contribution is 0.257. The highest BCUT2D eigenvalue weighted by Gasteiger charge is 2.55. The van der Waals surface area contributed by atoms with Crippen molar-refractivity contribution in [2.24, 2.45) is 28.2 Å². The van der Waals surface area contributed by atoms with Crippen LogP contribution < -0.4 is 15.4 Å². The van der Waals surface area contributed by atoms with Crippen molar-refractivity contribution < 1.29 is 6.16 Å². The molecule has 2 fully saturated rings. The molecule has 5 rings (SSSR count). The van der Waals surface area contributed by atoms with Crippen molar-refractivity contribution in [3.63, 3.8) is 0 Å². The molecule has 0 saturated heterocycles. The van der Waals surface area contributed by atoms with Crippen LogP contribution in [0.1, 0.15) is 26.3 Å². The molecule has 160 valence electrons. The molecule has 2 saturated carbocycles. The molecule has 1 heterocycles. The highest BCUT2D eigenvalue weighted by molar-refractivity contribution is 5.80. The van der Waals surface area contributed by atoms with Crippen LogP contribution in [0.25, 0.3) is 0 Å². The molecule has 3 aliphatic carbocycles. The highest BCUT2D eigenvalue weighted by atomic mass is 16.5. The van der Waals surface area contributed by atoms with E-state index in [9.17, 15) is 0 Å². The van der Waals surface area contributed by atoms with Gasteiger partial charge in [0.15, 0.2) is 6.29 Å². The Balaban J connectivity index is 0.00000231. The summed E-state index contributed by atoms with van der Waals surface area (Å²) in [5, 5.41) is 6.82. The van der Waals surface area contributed by atoms with Crippen molar-refractivity contribution in [2.75, 3.05) is 26.7 Å². The number of hydrogen-bond donors (Lipinski definition) is 2. The van der Waals surface area contributed by atoms with Crippen LogP contribution in [0.3, 0.4) is 0 Å². The molecule has 5 atom stereocenters. The largest absolute Gasteiger partial charge is 0.494 e. The van der Waals surface area contributed by atoms with Crippen molar-refractivity contribution in [1.82, 2.24) is 15.5 Å². The molecule has 30 heavy (non-hydrogen) atoms. The van der Waals surface area contributed by atoms with E-state index in [1.54, 1.807) is 6.20 Å². The molecule has 1 aliphatic heterocycles. The first kappa shape index (κ1) is 19.4. The molecule has 5 unspecified atom stereocenters. The van der Waals surface area contributed by atoms with Crippen LogP contribution in [-0.4, -0.2) is 44.1 Å². The molecule has 0 aromatic heterocycles. The van der Waals surface area contributed by atoms with Gasteiger partial charge in [0.25, 0.3) is 0 Å². The summed E-state index contributed by atoms with van der Waals surface area (Å²) < 4.78 is 6.03. The third-order valence-electron chi connectivity index (χ3n) is 6.94. The van der Waals surface area contributed by atoms with E-state index in [0.717, 1.165) is 42.7 Å². The van der Waals surface area contributed by atoms with E-state index in [-0.39, 0.29) is 13.1 Å². The Labute approximate surface area is 181 Å². The number of allylic oxidation sites excluding steroid dienone is 3. The second-order valence-corrected chi connectivity index (χ2v) is 9.33. The topological polar surface area (TPSA) is 48.9 Å². The van der Waals surface area contributed by atoms with E-state index in [2.05, 4.69) is 59.5 Å². The molecule has 1 aromatic carbocycles. The number of nitrogens with one attached hydrogen (secondary N) is 2. The van der Waals surface area contributed by atoms with Crippen LogP contribution in [0, 0.1) is 23.2 Å². The predicted molar refractivity (Wildman–Crippen MR) is 123 cm³/mol. The maximum Gasteiger partial charge on any atom is 0.193 e. The Morgan fingerprint density at radius 3 is 3.23 bits per heavy atom. The Kier molecular flexibility index (Phi) is 5.15. The third-order valence-corrected chi connectivity index (χ3v) is 6.94. The van der Waals surface area contributed by atoms with Gasteiger partial charge < -0.3 is 20.3 Å². The first-order valence-corrected chi connectivity index (χ1v) is 11.1. The van der Waals surface area contributed by atoms with E-state index >= 15 is 0 Å². The fourth-order valence-corrected chi connectivity index (χ4v) is 5.18. The molecule has 0 radical (unpaired) electrons. The van der Waals surface area contributed by atoms with E-state index in [4.69, 9.17) is 9.73 Å². The Hall–Kier alpha value is -2.53. The average Bonchev–Trinajstić information content (AvgIpc) is 3.63. The number of aliphatic imine (C=N–C) groups is 1. The van der Waals surface area contributed by atoms with Crippen LogP contribution in [0.15, 0.2) is 66.0 Å². The molecule has 0 spiro atoms. The minimum Gasteiger partial charge on any atom is -0.494 e. The maximum atomic E-state index is 6.03. The lowest BCUT2D eigenvalue weighted by atomic mass is 9.96. The average molecular weight is 407 g/mol. The van der Waals surface area contributed by atoms with Gasteiger partial charge in [0, 0.05) is 37.8 Å². The summed E-state index contributed by atoms with van der Waals surface area (Å²) in [6.07, 6.45) is 13.9. The Bertz CT molecular complexity index is 897. The predicted octanol–water partition coefficient (Wildman–Crippen LogP) is 3.77. The van der Waals surface area contributed by atoms with E-state index < -0.39 is 0 Å². The molecule has 5 nitrogen and oxygen atoms in total. The standard InChI is InChI=1S/C25H32N4O.H2/c1-3-26-24-27-15-18-6-4-7-21(12-18)30-11-9-19-13-20(19)16-29(2)17-25-10-5-8-23(28-24)22(25)14-25;/h3-8,10,12,15,19-20,22,24,26,28H,1,9,11,13-14,16-17H2,2H3;1H/b27-15+;. The first-order valence-electron chi connectivity index (χ1n) is 11.1. The van der Waals surface area contributed by atoms with Crippen LogP contribution in [0.5, 0.6) is 5.75 Å².